The molecule has 7 nitrogen and oxygen atoms in total. The van der Waals surface area contributed by atoms with Gasteiger partial charge in [0.05, 0.1) is 18.4 Å². The molecule has 0 bridgehead atoms. The summed E-state index contributed by atoms with van der Waals surface area (Å²) in [5.41, 5.74) is 0.696. The van der Waals surface area contributed by atoms with Crippen LogP contribution in [0.4, 0.5) is 5.69 Å². The smallest absolute Gasteiger partial charge is 0.339 e. The fraction of sp³-hybridized carbons (Fsp3) is 0.471. The van der Waals surface area contributed by atoms with Crippen LogP contribution in [-0.2, 0) is 14.3 Å². The van der Waals surface area contributed by atoms with Crippen molar-refractivity contribution in [3.63, 3.8) is 0 Å². The number of esters is 1. The third kappa shape index (κ3) is 6.37. The van der Waals surface area contributed by atoms with Gasteiger partial charge in [0.15, 0.2) is 0 Å². The highest BCUT2D eigenvalue weighted by Crippen LogP contribution is 2.16. The van der Waals surface area contributed by atoms with E-state index in [1.807, 2.05) is 19.0 Å². The van der Waals surface area contributed by atoms with Crippen LogP contribution >= 0.6 is 0 Å². The van der Waals surface area contributed by atoms with Crippen LogP contribution in [0.25, 0.3) is 0 Å². The second-order valence-corrected chi connectivity index (χ2v) is 5.64. The fourth-order valence-electron chi connectivity index (χ4n) is 2.08. The van der Waals surface area contributed by atoms with Gasteiger partial charge in [0.25, 0.3) is 0 Å². The predicted molar refractivity (Wildman–Crippen MR) is 91.8 cm³/mol. The first-order chi connectivity index (χ1) is 11.3. The summed E-state index contributed by atoms with van der Waals surface area (Å²) in [4.78, 5) is 39.0. The summed E-state index contributed by atoms with van der Waals surface area (Å²) in [7, 11) is 5.14. The van der Waals surface area contributed by atoms with E-state index >= 15 is 0 Å². The molecular weight excluding hydrogens is 310 g/mol. The number of amides is 2. The topological polar surface area (TPSA) is 79.0 Å². The maximum Gasteiger partial charge on any atom is 0.339 e. The molecule has 0 aliphatic carbocycles. The van der Waals surface area contributed by atoms with Gasteiger partial charge in [-0.15, -0.1) is 0 Å². The number of hydrogen-bond acceptors (Lipinski definition) is 5. The van der Waals surface area contributed by atoms with Crippen LogP contribution in [0.1, 0.15) is 23.7 Å². The van der Waals surface area contributed by atoms with E-state index in [1.165, 1.54) is 14.0 Å². The molecule has 0 radical (unpaired) electrons. The molecule has 1 aromatic carbocycles. The highest BCUT2D eigenvalue weighted by Gasteiger charge is 2.15. The Hall–Kier alpha value is -2.41. The molecule has 0 aromatic heterocycles. The van der Waals surface area contributed by atoms with E-state index in [9.17, 15) is 14.4 Å². The fourth-order valence-corrected chi connectivity index (χ4v) is 2.08. The van der Waals surface area contributed by atoms with Crippen LogP contribution in [-0.4, -0.2) is 68.4 Å². The molecule has 0 saturated carbocycles. The normalized spacial score (nSPS) is 10.4. The molecule has 0 aliphatic rings. The molecule has 0 atom stereocenters. The second-order valence-electron chi connectivity index (χ2n) is 5.64. The van der Waals surface area contributed by atoms with Gasteiger partial charge >= 0.3 is 5.97 Å². The van der Waals surface area contributed by atoms with Crippen molar-refractivity contribution in [1.29, 1.82) is 0 Å². The number of nitrogens with one attached hydrogen (secondary N) is 1. The van der Waals surface area contributed by atoms with E-state index in [0.717, 1.165) is 6.54 Å². The Morgan fingerprint density at radius 1 is 1.08 bits per heavy atom. The predicted octanol–water partition coefficient (Wildman–Crippen LogP) is 1.21. The lowest BCUT2D eigenvalue weighted by molar-refractivity contribution is -0.129. The maximum absolute atomic E-state index is 12.1. The van der Waals surface area contributed by atoms with E-state index in [2.05, 4.69) is 5.32 Å². The second kappa shape index (κ2) is 9.67. The largest absolute Gasteiger partial charge is 0.465 e. The van der Waals surface area contributed by atoms with Crippen LogP contribution in [0.3, 0.4) is 0 Å². The van der Waals surface area contributed by atoms with Crippen LogP contribution < -0.4 is 5.32 Å². The summed E-state index contributed by atoms with van der Waals surface area (Å²) in [6.45, 7) is 3.11. The number of benzene rings is 1. The molecule has 0 heterocycles. The molecule has 0 saturated heterocycles. The molecule has 24 heavy (non-hydrogen) atoms. The minimum Gasteiger partial charge on any atom is -0.465 e. The van der Waals surface area contributed by atoms with E-state index in [4.69, 9.17) is 4.74 Å². The molecule has 1 rings (SSSR count). The van der Waals surface area contributed by atoms with E-state index in [1.54, 1.807) is 29.2 Å². The summed E-state index contributed by atoms with van der Waals surface area (Å²) in [6.07, 6.45) is 0.155. The lowest BCUT2D eigenvalue weighted by atomic mass is 10.1. The third-order valence-electron chi connectivity index (χ3n) is 3.48. The highest BCUT2D eigenvalue weighted by atomic mass is 16.5. The van der Waals surface area contributed by atoms with Gasteiger partial charge in [0.2, 0.25) is 11.8 Å². The zero-order chi connectivity index (χ0) is 18.1. The summed E-state index contributed by atoms with van der Waals surface area (Å²) in [5, 5.41) is 2.70. The molecule has 0 fully saturated rings. The average Bonchev–Trinajstić information content (AvgIpc) is 2.54. The lowest BCUT2D eigenvalue weighted by Crippen LogP contribution is -2.37. The molecule has 0 spiro atoms. The van der Waals surface area contributed by atoms with Crippen molar-refractivity contribution in [2.45, 2.75) is 13.3 Å². The van der Waals surface area contributed by atoms with Crippen molar-refractivity contribution in [2.75, 3.05) is 46.2 Å². The Bertz CT molecular complexity index is 587. The monoisotopic (exact) mass is 335 g/mol. The van der Waals surface area contributed by atoms with Crippen molar-refractivity contribution in [3.8, 4) is 0 Å². The van der Waals surface area contributed by atoms with Gasteiger partial charge < -0.3 is 19.9 Å². The molecule has 0 unspecified atom stereocenters. The summed E-state index contributed by atoms with van der Waals surface area (Å²) in [5.74, 6) is -0.843. The standard InChI is InChI=1S/C17H25N3O4/c1-13(21)20(12-11-19(2)3)10-9-16(22)18-15-8-6-5-7-14(15)17(23)24-4/h5-8H,9-12H2,1-4H3,(H,18,22). The SMILES string of the molecule is COC(=O)c1ccccc1NC(=O)CCN(CCN(C)C)C(C)=O. The molecule has 0 aliphatic heterocycles. The number of rotatable bonds is 8. The summed E-state index contributed by atoms with van der Waals surface area (Å²) >= 11 is 0. The Labute approximate surface area is 142 Å². The quantitative estimate of drug-likeness (QED) is 0.723. The van der Waals surface area contributed by atoms with Gasteiger partial charge in [-0.2, -0.15) is 0 Å². The first-order valence-electron chi connectivity index (χ1n) is 7.72. The highest BCUT2D eigenvalue weighted by molar-refractivity contribution is 6.01. The number of methoxy groups -OCH3 is 1. The Balaban J connectivity index is 2.63. The van der Waals surface area contributed by atoms with Crippen LogP contribution in [0.2, 0.25) is 0 Å². The number of nitrogens with zero attached hydrogens (tertiary/aromatic N) is 2. The summed E-state index contributed by atoms with van der Waals surface area (Å²) in [6, 6.07) is 6.64. The van der Waals surface area contributed by atoms with Crippen LogP contribution in [0.5, 0.6) is 0 Å². The molecule has 7 heteroatoms. The van der Waals surface area contributed by atoms with Crippen molar-refractivity contribution in [3.05, 3.63) is 29.8 Å². The molecule has 132 valence electrons. The van der Waals surface area contributed by atoms with Gasteiger partial charge in [-0.3, -0.25) is 9.59 Å². The first-order valence-corrected chi connectivity index (χ1v) is 7.72. The molecular formula is C17H25N3O4. The van der Waals surface area contributed by atoms with E-state index in [-0.39, 0.29) is 18.2 Å². The summed E-state index contributed by atoms with van der Waals surface area (Å²) < 4.78 is 4.69. The number of carbonyl (C=O) groups is 3. The zero-order valence-electron chi connectivity index (χ0n) is 14.7. The van der Waals surface area contributed by atoms with Gasteiger partial charge in [-0.05, 0) is 26.2 Å². The Morgan fingerprint density at radius 2 is 1.75 bits per heavy atom. The van der Waals surface area contributed by atoms with Crippen molar-refractivity contribution in [2.24, 2.45) is 0 Å². The molecule has 1 N–H and O–H groups in total. The van der Waals surface area contributed by atoms with Gasteiger partial charge in [-0.1, -0.05) is 12.1 Å². The number of anilines is 1. The minimum atomic E-state index is -0.512. The minimum absolute atomic E-state index is 0.0698. The van der Waals surface area contributed by atoms with Crippen molar-refractivity contribution in [1.82, 2.24) is 9.80 Å². The van der Waals surface area contributed by atoms with Crippen LogP contribution in [0, 0.1) is 0 Å². The molecule has 2 amide bonds. The lowest BCUT2D eigenvalue weighted by Gasteiger charge is -2.22. The number of para-hydroxylation sites is 1. The Kier molecular flexibility index (Phi) is 7.91. The number of carbonyl (C=O) groups excluding carboxylic acids is 3. The molecule has 1 aromatic rings. The third-order valence-corrected chi connectivity index (χ3v) is 3.48. The van der Waals surface area contributed by atoms with Crippen molar-refractivity contribution >= 4 is 23.5 Å². The van der Waals surface area contributed by atoms with E-state index in [0.29, 0.717) is 24.3 Å². The van der Waals surface area contributed by atoms with Crippen molar-refractivity contribution < 1.29 is 19.1 Å². The zero-order valence-corrected chi connectivity index (χ0v) is 14.7. The Morgan fingerprint density at radius 3 is 2.33 bits per heavy atom. The van der Waals surface area contributed by atoms with Crippen LogP contribution in [0.15, 0.2) is 24.3 Å². The van der Waals surface area contributed by atoms with Gasteiger partial charge in [0.1, 0.15) is 0 Å². The van der Waals surface area contributed by atoms with Gasteiger partial charge in [0, 0.05) is 33.0 Å². The number of hydrogen-bond donors (Lipinski definition) is 1. The number of likely N-dealkylation sites (N-methyl/N-ethyl adjacent to an activating group) is 1. The van der Waals surface area contributed by atoms with E-state index < -0.39 is 5.97 Å². The number of ether oxygens (including phenoxy) is 1. The maximum atomic E-state index is 12.1. The van der Waals surface area contributed by atoms with Gasteiger partial charge in [-0.25, -0.2) is 4.79 Å². The first kappa shape index (κ1) is 19.6. The average molecular weight is 335 g/mol.